The highest BCUT2D eigenvalue weighted by Gasteiger charge is 2.16. The van der Waals surface area contributed by atoms with Crippen LogP contribution < -0.4 is 20.1 Å². The van der Waals surface area contributed by atoms with Crippen LogP contribution in [0.25, 0.3) is 0 Å². The minimum absolute atomic E-state index is 0. The van der Waals surface area contributed by atoms with Gasteiger partial charge in [-0.1, -0.05) is 23.2 Å². The fraction of sp³-hybridized carbons (Fsp3) is 0.143. The number of nitrogens with one attached hydrogen (secondary N) is 3. The predicted octanol–water partition coefficient (Wildman–Crippen LogP) is 4.51. The highest BCUT2D eigenvalue weighted by molar-refractivity contribution is 7.92. The van der Waals surface area contributed by atoms with Crippen LogP contribution in [-0.4, -0.2) is 36.0 Å². The molecule has 3 N–H and O–H groups in total. The molecule has 1 heterocycles. The van der Waals surface area contributed by atoms with Gasteiger partial charge >= 0.3 is 0 Å². The maximum absolute atomic E-state index is 12.6. The molecule has 9 nitrogen and oxygen atoms in total. The second kappa shape index (κ2) is 12.3. The number of amides is 1. The van der Waals surface area contributed by atoms with Gasteiger partial charge < -0.3 is 10.1 Å². The molecule has 0 fully saturated rings. The van der Waals surface area contributed by atoms with Crippen molar-refractivity contribution in [3.05, 3.63) is 70.0 Å². The van der Waals surface area contributed by atoms with Crippen LogP contribution in [0.5, 0.6) is 5.75 Å². The number of aromatic nitrogens is 2. The Morgan fingerprint density at radius 2 is 1.66 bits per heavy atom. The van der Waals surface area contributed by atoms with Crippen molar-refractivity contribution in [1.29, 1.82) is 0 Å². The lowest BCUT2D eigenvalue weighted by atomic mass is 10.3. The van der Waals surface area contributed by atoms with Gasteiger partial charge in [0.1, 0.15) is 5.75 Å². The zero-order chi connectivity index (χ0) is 24.9. The fourth-order valence-electron chi connectivity index (χ4n) is 2.73. The molecule has 0 atom stereocenters. The van der Waals surface area contributed by atoms with E-state index in [-0.39, 0.29) is 40.0 Å². The Bertz CT molecular complexity index is 1320. The molecule has 186 valence electrons. The maximum Gasteiger partial charge on any atom is 0.264 e. The van der Waals surface area contributed by atoms with Gasteiger partial charge in [0.05, 0.1) is 9.92 Å². The molecule has 0 radical (unpaired) electrons. The standard InChI is InChI=1S/C21H19Cl2N5O4S2.ClH/c1-12-9-13(2)25-20(24-12)28-34(30,31)16-6-4-15(5-7-16)26-21(33)27-19(29)11-32-18-8-3-14(22)10-17(18)23;/h3-10H,11H2,1-2H3,(H,24,25,28)(H2,26,27,29,33);1H. The van der Waals surface area contributed by atoms with Crippen LogP contribution in [0.1, 0.15) is 11.4 Å². The monoisotopic (exact) mass is 575 g/mol. The fourth-order valence-corrected chi connectivity index (χ4v) is 4.37. The average molecular weight is 577 g/mol. The van der Waals surface area contributed by atoms with Gasteiger partial charge in [-0.05, 0) is 74.6 Å². The first-order chi connectivity index (χ1) is 16.0. The van der Waals surface area contributed by atoms with Gasteiger partial charge in [-0.3, -0.25) is 10.1 Å². The lowest BCUT2D eigenvalue weighted by molar-refractivity contribution is -0.121. The number of aryl methyl sites for hydroxylation is 2. The second-order valence-electron chi connectivity index (χ2n) is 6.97. The van der Waals surface area contributed by atoms with Gasteiger partial charge in [0.25, 0.3) is 15.9 Å². The number of hydrogen-bond donors (Lipinski definition) is 3. The summed E-state index contributed by atoms with van der Waals surface area (Å²) in [6, 6.07) is 12.1. The summed E-state index contributed by atoms with van der Waals surface area (Å²) in [6.07, 6.45) is 0. The number of nitrogens with zero attached hydrogens (tertiary/aromatic N) is 2. The number of rotatable bonds is 7. The number of hydrogen-bond acceptors (Lipinski definition) is 7. The molecule has 3 rings (SSSR count). The molecule has 0 aliphatic heterocycles. The van der Waals surface area contributed by atoms with Crippen LogP contribution in [-0.2, 0) is 14.8 Å². The molecule has 0 unspecified atom stereocenters. The van der Waals surface area contributed by atoms with Crippen molar-refractivity contribution in [3.63, 3.8) is 0 Å². The van der Waals surface area contributed by atoms with Gasteiger partial charge in [0, 0.05) is 22.1 Å². The van der Waals surface area contributed by atoms with Gasteiger partial charge in [-0.2, -0.15) is 0 Å². The summed E-state index contributed by atoms with van der Waals surface area (Å²) >= 11 is 16.9. The molecule has 1 amide bonds. The quantitative estimate of drug-likeness (QED) is 0.351. The van der Waals surface area contributed by atoms with Gasteiger partial charge in [0.2, 0.25) is 5.95 Å². The first kappa shape index (κ1) is 28.5. The van der Waals surface area contributed by atoms with Crippen molar-refractivity contribution in [2.45, 2.75) is 18.7 Å². The van der Waals surface area contributed by atoms with Crippen LogP contribution in [0.15, 0.2) is 53.4 Å². The van der Waals surface area contributed by atoms with Gasteiger partial charge in [0.15, 0.2) is 11.7 Å². The highest BCUT2D eigenvalue weighted by Crippen LogP contribution is 2.27. The zero-order valence-corrected chi connectivity index (χ0v) is 22.3. The lowest BCUT2D eigenvalue weighted by Gasteiger charge is -2.12. The van der Waals surface area contributed by atoms with Crippen molar-refractivity contribution in [1.82, 2.24) is 15.3 Å². The molecule has 0 aliphatic carbocycles. The third-order valence-electron chi connectivity index (χ3n) is 4.14. The summed E-state index contributed by atoms with van der Waals surface area (Å²) in [5, 5.41) is 5.98. The number of anilines is 2. The summed E-state index contributed by atoms with van der Waals surface area (Å²) in [5.41, 5.74) is 1.75. The minimum atomic E-state index is -3.89. The van der Waals surface area contributed by atoms with E-state index < -0.39 is 15.9 Å². The van der Waals surface area contributed by atoms with E-state index in [1.165, 1.54) is 30.3 Å². The third-order valence-corrected chi connectivity index (χ3v) is 6.21. The smallest absolute Gasteiger partial charge is 0.264 e. The second-order valence-corrected chi connectivity index (χ2v) is 9.90. The van der Waals surface area contributed by atoms with E-state index in [0.717, 1.165) is 0 Å². The predicted molar refractivity (Wildman–Crippen MR) is 142 cm³/mol. The normalized spacial score (nSPS) is 10.6. The van der Waals surface area contributed by atoms with Crippen molar-refractivity contribution in [2.24, 2.45) is 0 Å². The topological polar surface area (TPSA) is 122 Å². The largest absolute Gasteiger partial charge is 0.482 e. The molecule has 35 heavy (non-hydrogen) atoms. The average Bonchev–Trinajstić information content (AvgIpc) is 2.72. The molecular weight excluding hydrogens is 557 g/mol. The van der Waals surface area contributed by atoms with E-state index in [1.54, 1.807) is 32.0 Å². The van der Waals surface area contributed by atoms with Crippen molar-refractivity contribution >= 4 is 80.5 Å². The first-order valence-electron chi connectivity index (χ1n) is 9.66. The molecule has 2 aromatic carbocycles. The number of carbonyl (C=O) groups is 1. The minimum Gasteiger partial charge on any atom is -0.482 e. The molecule has 1 aromatic heterocycles. The molecule has 0 aliphatic rings. The summed E-state index contributed by atoms with van der Waals surface area (Å²) in [5.74, 6) is -0.220. The van der Waals surface area contributed by atoms with Crippen LogP contribution >= 0.6 is 47.8 Å². The van der Waals surface area contributed by atoms with Crippen LogP contribution in [0, 0.1) is 13.8 Å². The number of carbonyl (C=O) groups excluding carboxylic acids is 1. The number of sulfonamides is 1. The van der Waals surface area contributed by atoms with E-state index in [9.17, 15) is 13.2 Å². The number of halogens is 3. The Labute approximate surface area is 224 Å². The van der Waals surface area contributed by atoms with E-state index in [2.05, 4.69) is 25.3 Å². The SMILES string of the molecule is Cc1cc(C)nc(NS(=O)(=O)c2ccc(NC(=S)NC(=O)COc3ccc(Cl)cc3Cl)cc2)n1.Cl. The van der Waals surface area contributed by atoms with Crippen LogP contribution in [0.3, 0.4) is 0 Å². The maximum atomic E-state index is 12.6. The van der Waals surface area contributed by atoms with Crippen molar-refractivity contribution in [3.8, 4) is 5.75 Å². The third kappa shape index (κ3) is 8.48. The molecule has 0 saturated carbocycles. The van der Waals surface area contributed by atoms with Gasteiger partial charge in [-0.25, -0.2) is 23.1 Å². The molecule has 0 saturated heterocycles. The Morgan fingerprint density at radius 3 is 2.26 bits per heavy atom. The van der Waals surface area contributed by atoms with E-state index in [0.29, 0.717) is 27.8 Å². The summed E-state index contributed by atoms with van der Waals surface area (Å²) < 4.78 is 32.9. The molecular formula is C21H20Cl3N5O4S2. The zero-order valence-electron chi connectivity index (χ0n) is 18.3. The Hall–Kier alpha value is -2.70. The highest BCUT2D eigenvalue weighted by atomic mass is 35.5. The molecule has 0 bridgehead atoms. The van der Waals surface area contributed by atoms with Gasteiger partial charge in [-0.15, -0.1) is 12.4 Å². The Kier molecular flexibility index (Phi) is 10.0. The van der Waals surface area contributed by atoms with E-state index >= 15 is 0 Å². The number of thiocarbonyl (C=S) groups is 1. The summed E-state index contributed by atoms with van der Waals surface area (Å²) in [4.78, 5) is 20.2. The first-order valence-corrected chi connectivity index (χ1v) is 12.3. The molecule has 14 heteroatoms. The summed E-state index contributed by atoms with van der Waals surface area (Å²) in [7, 11) is -3.89. The van der Waals surface area contributed by atoms with Crippen LogP contribution in [0.2, 0.25) is 10.0 Å². The van der Waals surface area contributed by atoms with Crippen LogP contribution in [0.4, 0.5) is 11.6 Å². The van der Waals surface area contributed by atoms with E-state index in [1.807, 2.05) is 0 Å². The lowest BCUT2D eigenvalue weighted by Crippen LogP contribution is -2.37. The van der Waals surface area contributed by atoms with Crippen molar-refractivity contribution < 1.29 is 17.9 Å². The number of benzene rings is 2. The molecule has 3 aromatic rings. The summed E-state index contributed by atoms with van der Waals surface area (Å²) in [6.45, 7) is 3.16. The van der Waals surface area contributed by atoms with E-state index in [4.69, 9.17) is 40.2 Å². The number of ether oxygens (including phenoxy) is 1. The Morgan fingerprint density at radius 1 is 1.03 bits per heavy atom. The Balaban J connectivity index is 0.00000432. The van der Waals surface area contributed by atoms with Crippen molar-refractivity contribution in [2.75, 3.05) is 16.6 Å². The molecule has 0 spiro atoms.